The average molecular weight is 646 g/mol. The molecule has 4 heterocycles. The maximum atomic E-state index is 12.9. The van der Waals surface area contributed by atoms with E-state index >= 15 is 0 Å². The van der Waals surface area contributed by atoms with Crippen LogP contribution in [0.5, 0.6) is 11.8 Å². The molecule has 0 aliphatic carbocycles. The highest BCUT2D eigenvalue weighted by Crippen LogP contribution is 2.38. The number of pyridine rings is 1. The molecule has 7 rings (SSSR count). The molecule has 9 nitrogen and oxygen atoms in total. The van der Waals surface area contributed by atoms with E-state index in [1.54, 1.807) is 0 Å². The molecule has 2 fully saturated rings. The zero-order valence-corrected chi connectivity index (χ0v) is 28.1. The number of fused-ring (bicyclic) bond motifs is 2. The molecule has 2 saturated heterocycles. The summed E-state index contributed by atoms with van der Waals surface area (Å²) in [6.45, 7) is 9.10. The van der Waals surface area contributed by atoms with Crippen LogP contribution in [0, 0.1) is 5.92 Å². The summed E-state index contributed by atoms with van der Waals surface area (Å²) in [7, 11) is 1.98. The quantitative estimate of drug-likeness (QED) is 0.172. The maximum absolute atomic E-state index is 12.9. The van der Waals surface area contributed by atoms with Gasteiger partial charge in [0.25, 0.3) is 0 Å². The summed E-state index contributed by atoms with van der Waals surface area (Å²) in [6.07, 6.45) is 1.72. The number of anilines is 1. The second-order valence-electron chi connectivity index (χ2n) is 13.7. The summed E-state index contributed by atoms with van der Waals surface area (Å²) >= 11 is 0. The van der Waals surface area contributed by atoms with Gasteiger partial charge in [-0.2, -0.15) is 10.1 Å². The summed E-state index contributed by atoms with van der Waals surface area (Å²) in [6, 6.07) is 30.8. The molecule has 5 aromatic rings. The van der Waals surface area contributed by atoms with E-state index in [4.69, 9.17) is 24.3 Å². The molecule has 3 aromatic carbocycles. The fourth-order valence-corrected chi connectivity index (χ4v) is 6.86. The van der Waals surface area contributed by atoms with Gasteiger partial charge in [0.1, 0.15) is 24.5 Å². The minimum absolute atomic E-state index is 0.190. The standard InChI is InChI=1S/C39H43N5O4/c1-39(2,3)48-38(45)44-22-19-29-24-43(21-20-33(29)44)30-15-16-31-34(23-30)42(4)41-36(31)32-17-18-35(46-25-27-11-7-5-8-12-27)40-37(32)47-26-28-13-9-6-10-14-28/h5-18,23,29,33H,19-22,24-26H2,1-4H3. The molecule has 2 aliphatic heterocycles. The zero-order chi connectivity index (χ0) is 33.3. The molecule has 0 bridgehead atoms. The van der Waals surface area contributed by atoms with E-state index in [2.05, 4.69) is 23.1 Å². The summed E-state index contributed by atoms with van der Waals surface area (Å²) in [5, 5.41) is 6.00. The Morgan fingerprint density at radius 3 is 2.27 bits per heavy atom. The van der Waals surface area contributed by atoms with Crippen molar-refractivity contribution >= 4 is 22.7 Å². The lowest BCUT2D eigenvalue weighted by atomic mass is 9.92. The number of hydrogen-bond acceptors (Lipinski definition) is 7. The number of carbonyl (C=O) groups excluding carboxylic acids is 1. The first kappa shape index (κ1) is 31.5. The summed E-state index contributed by atoms with van der Waals surface area (Å²) in [5.74, 6) is 1.39. The summed E-state index contributed by atoms with van der Waals surface area (Å²) in [5.41, 5.74) is 5.45. The van der Waals surface area contributed by atoms with E-state index < -0.39 is 5.60 Å². The van der Waals surface area contributed by atoms with Crippen LogP contribution in [0.4, 0.5) is 10.5 Å². The van der Waals surface area contributed by atoms with Gasteiger partial charge in [0, 0.05) is 49.9 Å². The third-order valence-electron chi connectivity index (χ3n) is 9.20. The minimum atomic E-state index is -0.490. The van der Waals surface area contributed by atoms with E-state index in [9.17, 15) is 4.79 Å². The highest BCUT2D eigenvalue weighted by molar-refractivity contribution is 5.96. The first-order valence-corrected chi connectivity index (χ1v) is 16.8. The number of hydrogen-bond donors (Lipinski definition) is 0. The van der Waals surface area contributed by atoms with Gasteiger partial charge >= 0.3 is 6.09 Å². The van der Waals surface area contributed by atoms with Crippen molar-refractivity contribution < 1.29 is 19.0 Å². The van der Waals surface area contributed by atoms with Crippen molar-refractivity contribution in [1.29, 1.82) is 0 Å². The molecule has 2 atom stereocenters. The van der Waals surface area contributed by atoms with Crippen molar-refractivity contribution in [2.45, 2.75) is 58.5 Å². The van der Waals surface area contributed by atoms with Crippen LogP contribution in [0.1, 0.15) is 44.7 Å². The monoisotopic (exact) mass is 645 g/mol. The van der Waals surface area contributed by atoms with Gasteiger partial charge in [0.05, 0.1) is 11.1 Å². The molecule has 248 valence electrons. The van der Waals surface area contributed by atoms with Crippen LogP contribution in [0.25, 0.3) is 22.2 Å². The number of carbonyl (C=O) groups is 1. The van der Waals surface area contributed by atoms with Crippen molar-refractivity contribution in [3.63, 3.8) is 0 Å². The van der Waals surface area contributed by atoms with Gasteiger partial charge in [0.15, 0.2) is 0 Å². The zero-order valence-electron chi connectivity index (χ0n) is 28.1. The Kier molecular flexibility index (Phi) is 8.69. The Balaban J connectivity index is 1.13. The molecular weight excluding hydrogens is 602 g/mol. The predicted molar refractivity (Wildman–Crippen MR) is 187 cm³/mol. The van der Waals surface area contributed by atoms with Gasteiger partial charge < -0.3 is 24.0 Å². The van der Waals surface area contributed by atoms with Crippen LogP contribution in [0.15, 0.2) is 91.0 Å². The highest BCUT2D eigenvalue weighted by Gasteiger charge is 2.42. The third-order valence-corrected chi connectivity index (χ3v) is 9.20. The second-order valence-corrected chi connectivity index (χ2v) is 13.7. The Labute approximate surface area is 282 Å². The Morgan fingerprint density at radius 2 is 1.56 bits per heavy atom. The fourth-order valence-electron chi connectivity index (χ4n) is 6.86. The number of ether oxygens (including phenoxy) is 3. The van der Waals surface area contributed by atoms with Crippen LogP contribution in [-0.2, 0) is 25.0 Å². The van der Waals surface area contributed by atoms with E-state index in [0.29, 0.717) is 30.9 Å². The largest absolute Gasteiger partial charge is 0.473 e. The van der Waals surface area contributed by atoms with Crippen molar-refractivity contribution in [2.75, 3.05) is 24.5 Å². The lowest BCUT2D eigenvalue weighted by molar-refractivity contribution is 0.0194. The minimum Gasteiger partial charge on any atom is -0.473 e. The highest BCUT2D eigenvalue weighted by atomic mass is 16.6. The maximum Gasteiger partial charge on any atom is 0.410 e. The lowest BCUT2D eigenvalue weighted by Gasteiger charge is -2.39. The SMILES string of the molecule is Cn1nc(-c2ccc(OCc3ccccc3)nc2OCc2ccccc2)c2ccc(N3CCC4C(CCN4C(=O)OC(C)(C)C)C3)cc21. The van der Waals surface area contributed by atoms with Gasteiger partial charge in [0.2, 0.25) is 11.8 Å². The summed E-state index contributed by atoms with van der Waals surface area (Å²) in [4.78, 5) is 22.1. The van der Waals surface area contributed by atoms with E-state index in [0.717, 1.165) is 71.5 Å². The van der Waals surface area contributed by atoms with Crippen molar-refractivity contribution in [1.82, 2.24) is 19.7 Å². The van der Waals surface area contributed by atoms with Crippen LogP contribution >= 0.6 is 0 Å². The molecule has 0 radical (unpaired) electrons. The number of likely N-dealkylation sites (tertiary alicyclic amines) is 1. The molecular formula is C39H43N5O4. The molecule has 1 amide bonds. The molecule has 2 unspecified atom stereocenters. The van der Waals surface area contributed by atoms with Crippen LogP contribution in [0.3, 0.4) is 0 Å². The first-order chi connectivity index (χ1) is 23.2. The second kappa shape index (κ2) is 13.2. The van der Waals surface area contributed by atoms with Crippen molar-refractivity contribution in [3.8, 4) is 23.0 Å². The summed E-state index contributed by atoms with van der Waals surface area (Å²) < 4.78 is 20.1. The number of amides is 1. The molecule has 0 saturated carbocycles. The predicted octanol–water partition coefficient (Wildman–Crippen LogP) is 7.63. The Bertz CT molecular complexity index is 1890. The average Bonchev–Trinajstić information content (AvgIpc) is 3.67. The molecule has 2 aromatic heterocycles. The lowest BCUT2D eigenvalue weighted by Crippen LogP contribution is -2.48. The molecule has 0 spiro atoms. The van der Waals surface area contributed by atoms with Gasteiger partial charge in [-0.3, -0.25) is 4.68 Å². The smallest absolute Gasteiger partial charge is 0.410 e. The number of piperidine rings is 1. The van der Waals surface area contributed by atoms with E-state index in [1.165, 1.54) is 0 Å². The van der Waals surface area contributed by atoms with Crippen molar-refractivity contribution in [2.24, 2.45) is 13.0 Å². The third kappa shape index (κ3) is 6.81. The molecule has 0 N–H and O–H groups in total. The number of rotatable bonds is 8. The Hall–Kier alpha value is -5.05. The number of benzene rings is 3. The molecule has 9 heteroatoms. The van der Waals surface area contributed by atoms with Crippen molar-refractivity contribution in [3.05, 3.63) is 102 Å². The van der Waals surface area contributed by atoms with E-state index in [1.807, 2.05) is 110 Å². The fraction of sp³-hybridized carbons (Fsp3) is 0.359. The number of nitrogens with zero attached hydrogens (tertiary/aromatic N) is 5. The van der Waals surface area contributed by atoms with Gasteiger partial charge in [-0.1, -0.05) is 60.7 Å². The normalized spacial score (nSPS) is 17.8. The molecule has 48 heavy (non-hydrogen) atoms. The van der Waals surface area contributed by atoms with Crippen LogP contribution < -0.4 is 14.4 Å². The topological polar surface area (TPSA) is 82.0 Å². The number of aromatic nitrogens is 3. The van der Waals surface area contributed by atoms with Gasteiger partial charge in [-0.25, -0.2) is 4.79 Å². The Morgan fingerprint density at radius 1 is 0.854 bits per heavy atom. The van der Waals surface area contributed by atoms with E-state index in [-0.39, 0.29) is 12.1 Å². The first-order valence-electron chi connectivity index (χ1n) is 16.8. The van der Waals surface area contributed by atoms with Crippen LogP contribution in [-0.4, -0.2) is 57.0 Å². The number of aryl methyl sites for hydroxylation is 1. The van der Waals surface area contributed by atoms with Gasteiger partial charge in [-0.15, -0.1) is 0 Å². The van der Waals surface area contributed by atoms with Gasteiger partial charge in [-0.05, 0) is 74.9 Å². The molecule has 2 aliphatic rings. The van der Waals surface area contributed by atoms with Crippen LogP contribution in [0.2, 0.25) is 0 Å².